The Morgan fingerprint density at radius 3 is 2.26 bits per heavy atom. The summed E-state index contributed by atoms with van der Waals surface area (Å²) in [7, 11) is 0. The molecule has 2 fully saturated rings. The van der Waals surface area contributed by atoms with Crippen LogP contribution in [0, 0.1) is 26.7 Å². The lowest BCUT2D eigenvalue weighted by atomic mass is 9.83. The summed E-state index contributed by atoms with van der Waals surface area (Å²) in [5, 5.41) is 3.08. The van der Waals surface area contributed by atoms with E-state index in [1.54, 1.807) is 4.90 Å². The zero-order chi connectivity index (χ0) is 30.0. The lowest BCUT2D eigenvalue weighted by Crippen LogP contribution is -2.46. The molecule has 0 bridgehead atoms. The van der Waals surface area contributed by atoms with Crippen molar-refractivity contribution in [3.8, 4) is 0 Å². The number of hydrogen-bond acceptors (Lipinski definition) is 3. The molecular weight excluding hydrogens is 539 g/mol. The molecular formula is C34H38F3N3O2. The maximum atomic E-state index is 13.9. The highest BCUT2D eigenvalue weighted by atomic mass is 19.4. The molecule has 42 heavy (non-hydrogen) atoms. The molecule has 2 saturated heterocycles. The highest BCUT2D eigenvalue weighted by Crippen LogP contribution is 2.39. The minimum Gasteiger partial charge on any atom is -0.331 e. The average molecular weight is 578 g/mol. The van der Waals surface area contributed by atoms with Crippen LogP contribution >= 0.6 is 0 Å². The van der Waals surface area contributed by atoms with Crippen LogP contribution in [0.15, 0.2) is 66.7 Å². The predicted molar refractivity (Wildman–Crippen MR) is 158 cm³/mol. The van der Waals surface area contributed by atoms with Gasteiger partial charge in [-0.05, 0) is 99.0 Å². The summed E-state index contributed by atoms with van der Waals surface area (Å²) >= 11 is 0. The first-order valence-electron chi connectivity index (χ1n) is 14.7. The van der Waals surface area contributed by atoms with E-state index in [1.807, 2.05) is 87.5 Å². The van der Waals surface area contributed by atoms with Crippen LogP contribution < -0.4 is 5.32 Å². The van der Waals surface area contributed by atoms with E-state index in [4.69, 9.17) is 0 Å². The molecule has 1 N–H and O–H groups in total. The van der Waals surface area contributed by atoms with Gasteiger partial charge >= 0.3 is 6.18 Å². The average Bonchev–Trinajstić information content (AvgIpc) is 3.44. The highest BCUT2D eigenvalue weighted by molar-refractivity contribution is 5.98. The molecule has 3 aromatic carbocycles. The Labute approximate surface area is 245 Å². The van der Waals surface area contributed by atoms with Crippen molar-refractivity contribution in [2.45, 2.75) is 71.3 Å². The van der Waals surface area contributed by atoms with Crippen molar-refractivity contribution < 1.29 is 22.8 Å². The van der Waals surface area contributed by atoms with Gasteiger partial charge < -0.3 is 10.2 Å². The van der Waals surface area contributed by atoms with Gasteiger partial charge in [-0.15, -0.1) is 0 Å². The number of anilines is 1. The summed E-state index contributed by atoms with van der Waals surface area (Å²) in [5.74, 6) is -0.775. The number of likely N-dealkylation sites (tertiary alicyclic amines) is 2. The van der Waals surface area contributed by atoms with Gasteiger partial charge in [0.15, 0.2) is 0 Å². The molecule has 2 aliphatic heterocycles. The molecule has 0 saturated carbocycles. The van der Waals surface area contributed by atoms with Crippen molar-refractivity contribution >= 4 is 17.5 Å². The van der Waals surface area contributed by atoms with Gasteiger partial charge in [0, 0.05) is 24.3 Å². The van der Waals surface area contributed by atoms with Gasteiger partial charge in [-0.1, -0.05) is 48.5 Å². The third-order valence-corrected chi connectivity index (χ3v) is 8.83. The fourth-order valence-corrected chi connectivity index (χ4v) is 6.37. The van der Waals surface area contributed by atoms with Crippen LogP contribution in [0.2, 0.25) is 0 Å². The lowest BCUT2D eigenvalue weighted by Gasteiger charge is -2.41. The largest absolute Gasteiger partial charge is 0.404 e. The Morgan fingerprint density at radius 2 is 1.57 bits per heavy atom. The topological polar surface area (TPSA) is 52.7 Å². The van der Waals surface area contributed by atoms with Crippen LogP contribution in [0.1, 0.15) is 69.9 Å². The number of alkyl halides is 3. The van der Waals surface area contributed by atoms with Crippen LogP contribution in [-0.4, -0.2) is 46.9 Å². The standard InChI is InChI=1S/C34H38F3N3O2/c1-22-12-17-27(20-24(22)3)38-32(41)29-10-6-19-40(33(42)28-9-5-4-8-23(28)2)31(29)26-15-13-25(14-16-26)21-39-18-7-11-30(39)34(35,36)37/h4-5,8-9,12-17,20,29-31H,6-7,10-11,18-19,21H2,1-3H3,(H,38,41)/t29-,30+,31-/m0/s1. The van der Waals surface area contributed by atoms with Crippen molar-refractivity contribution in [2.75, 3.05) is 18.4 Å². The van der Waals surface area contributed by atoms with Gasteiger partial charge in [0.2, 0.25) is 5.91 Å². The number of nitrogens with one attached hydrogen (secondary N) is 1. The molecule has 0 aromatic heterocycles. The third-order valence-electron chi connectivity index (χ3n) is 8.83. The fraction of sp³-hybridized carbons (Fsp3) is 0.412. The second-order valence-corrected chi connectivity index (χ2v) is 11.7. The van der Waals surface area contributed by atoms with Gasteiger partial charge in [-0.25, -0.2) is 0 Å². The first-order valence-corrected chi connectivity index (χ1v) is 14.7. The van der Waals surface area contributed by atoms with Crippen molar-refractivity contribution in [1.29, 1.82) is 0 Å². The van der Waals surface area contributed by atoms with Gasteiger partial charge in [-0.2, -0.15) is 13.2 Å². The minimum absolute atomic E-state index is 0.122. The summed E-state index contributed by atoms with van der Waals surface area (Å²) in [6.45, 7) is 7.04. The first kappa shape index (κ1) is 29.8. The van der Waals surface area contributed by atoms with E-state index in [0.29, 0.717) is 43.6 Å². The molecule has 0 unspecified atom stereocenters. The Kier molecular flexibility index (Phi) is 8.73. The number of benzene rings is 3. The van der Waals surface area contributed by atoms with Gasteiger partial charge in [0.1, 0.15) is 6.04 Å². The van der Waals surface area contributed by atoms with Crippen molar-refractivity contribution in [2.24, 2.45) is 5.92 Å². The van der Waals surface area contributed by atoms with Crippen LogP contribution in [0.5, 0.6) is 0 Å². The second-order valence-electron chi connectivity index (χ2n) is 11.7. The summed E-state index contributed by atoms with van der Waals surface area (Å²) < 4.78 is 40.5. The smallest absolute Gasteiger partial charge is 0.331 e. The molecule has 8 heteroatoms. The lowest BCUT2D eigenvalue weighted by molar-refractivity contribution is -0.177. The maximum absolute atomic E-state index is 13.9. The zero-order valence-corrected chi connectivity index (χ0v) is 24.4. The number of carbonyl (C=O) groups excluding carboxylic acids is 2. The van der Waals surface area contributed by atoms with E-state index in [9.17, 15) is 22.8 Å². The SMILES string of the molecule is Cc1ccc(NC(=O)[C@H]2CCCN(C(=O)c3ccccc3C)[C@H]2c2ccc(CN3CCC[C@@H]3C(F)(F)F)cc2)cc1C. The number of rotatable bonds is 6. The Bertz CT molecular complexity index is 1440. The number of amides is 2. The highest BCUT2D eigenvalue weighted by Gasteiger charge is 2.45. The van der Waals surface area contributed by atoms with E-state index in [1.165, 1.54) is 4.90 Å². The fourth-order valence-electron chi connectivity index (χ4n) is 6.37. The molecule has 0 aliphatic carbocycles. The van der Waals surface area contributed by atoms with E-state index in [2.05, 4.69) is 5.32 Å². The number of halogens is 3. The Morgan fingerprint density at radius 1 is 0.857 bits per heavy atom. The van der Waals surface area contributed by atoms with Crippen molar-refractivity contribution in [3.05, 3.63) is 100 Å². The monoisotopic (exact) mass is 577 g/mol. The van der Waals surface area contributed by atoms with Gasteiger partial charge in [-0.3, -0.25) is 14.5 Å². The van der Waals surface area contributed by atoms with E-state index in [0.717, 1.165) is 27.8 Å². The number of aryl methyl sites for hydroxylation is 3. The molecule has 5 nitrogen and oxygen atoms in total. The van der Waals surface area contributed by atoms with E-state index < -0.39 is 24.2 Å². The van der Waals surface area contributed by atoms with Crippen LogP contribution in [0.4, 0.5) is 18.9 Å². The van der Waals surface area contributed by atoms with Crippen LogP contribution in [0.3, 0.4) is 0 Å². The van der Waals surface area contributed by atoms with Crippen LogP contribution in [-0.2, 0) is 11.3 Å². The predicted octanol–water partition coefficient (Wildman–Crippen LogP) is 7.37. The minimum atomic E-state index is -4.24. The first-order chi connectivity index (χ1) is 20.0. The molecule has 2 aliphatic rings. The number of carbonyl (C=O) groups is 2. The molecule has 2 heterocycles. The van der Waals surface area contributed by atoms with E-state index >= 15 is 0 Å². The summed E-state index contributed by atoms with van der Waals surface area (Å²) in [6, 6.07) is 18.7. The summed E-state index contributed by atoms with van der Waals surface area (Å²) in [4.78, 5) is 31.0. The quantitative estimate of drug-likeness (QED) is 0.333. The molecule has 5 rings (SSSR count). The summed E-state index contributed by atoms with van der Waals surface area (Å²) in [5.41, 5.74) is 5.96. The second kappa shape index (κ2) is 12.3. The normalized spacial score (nSPS) is 21.4. The van der Waals surface area contributed by atoms with Crippen molar-refractivity contribution in [1.82, 2.24) is 9.80 Å². The van der Waals surface area contributed by atoms with E-state index in [-0.39, 0.29) is 24.8 Å². The number of piperidine rings is 1. The molecule has 0 radical (unpaired) electrons. The molecule has 0 spiro atoms. The molecule has 222 valence electrons. The Balaban J connectivity index is 1.44. The Hall–Kier alpha value is -3.65. The number of nitrogens with zero attached hydrogens (tertiary/aromatic N) is 2. The molecule has 2 amide bonds. The van der Waals surface area contributed by atoms with Gasteiger partial charge in [0.25, 0.3) is 5.91 Å². The number of hydrogen-bond donors (Lipinski definition) is 1. The van der Waals surface area contributed by atoms with Crippen molar-refractivity contribution in [3.63, 3.8) is 0 Å². The maximum Gasteiger partial charge on any atom is 0.404 e. The van der Waals surface area contributed by atoms with Gasteiger partial charge in [0.05, 0.1) is 12.0 Å². The summed E-state index contributed by atoms with van der Waals surface area (Å²) in [6.07, 6.45) is -2.30. The third kappa shape index (κ3) is 6.38. The molecule has 3 aromatic rings. The zero-order valence-electron chi connectivity index (χ0n) is 24.4. The van der Waals surface area contributed by atoms with Crippen LogP contribution in [0.25, 0.3) is 0 Å². The molecule has 3 atom stereocenters.